The zero-order valence-corrected chi connectivity index (χ0v) is 25.9. The van der Waals surface area contributed by atoms with Crippen molar-refractivity contribution < 1.29 is 31.9 Å². The number of carbonyl (C=O) groups is 1. The van der Waals surface area contributed by atoms with Gasteiger partial charge in [0.05, 0.1) is 19.8 Å². The predicted octanol–water partition coefficient (Wildman–Crippen LogP) is 9.68. The van der Waals surface area contributed by atoms with Gasteiger partial charge in [0, 0.05) is 23.9 Å². The summed E-state index contributed by atoms with van der Waals surface area (Å²) < 4.78 is 58.4. The number of anilines is 1. The monoisotopic (exact) mass is 601 g/mol. The molecule has 3 rings (SSSR count). The smallest absolute Gasteiger partial charge is 0.404 e. The van der Waals surface area contributed by atoms with Crippen molar-refractivity contribution in [2.75, 3.05) is 31.8 Å². The fourth-order valence-electron chi connectivity index (χ4n) is 4.52. The van der Waals surface area contributed by atoms with E-state index in [4.69, 9.17) is 13.8 Å². The lowest BCUT2D eigenvalue weighted by Gasteiger charge is -2.26. The Kier molecular flexibility index (Phi) is 12.7. The predicted molar refractivity (Wildman–Crippen MR) is 165 cm³/mol. The largest absolute Gasteiger partial charge is 0.494 e. The normalized spacial score (nSPS) is 11.9. The van der Waals surface area contributed by atoms with E-state index in [0.717, 1.165) is 35.4 Å². The molecule has 0 fully saturated rings. The number of hydrogen-bond donors (Lipinski definition) is 0. The second-order valence-electron chi connectivity index (χ2n) is 10.0. The molecule has 3 aromatic carbocycles. The summed E-state index contributed by atoms with van der Waals surface area (Å²) in [5.74, 6) is 0.539. The summed E-state index contributed by atoms with van der Waals surface area (Å²) in [6.45, 7) is 5.51. The molecule has 6 nitrogen and oxygen atoms in total. The molecule has 0 spiro atoms. The van der Waals surface area contributed by atoms with Gasteiger partial charge in [-0.3, -0.25) is 9.36 Å². The van der Waals surface area contributed by atoms with Crippen LogP contribution >= 0.6 is 7.60 Å². The van der Waals surface area contributed by atoms with Gasteiger partial charge in [-0.1, -0.05) is 75.4 Å². The Morgan fingerprint density at radius 3 is 1.83 bits per heavy atom. The quantitative estimate of drug-likeness (QED) is 0.114. The number of benzene rings is 3. The lowest BCUT2D eigenvalue weighted by atomic mass is 10.0. The van der Waals surface area contributed by atoms with E-state index >= 15 is 8.78 Å². The standard InChI is InChI=1S/C33H42F2NO5P/c1-5-8-9-10-11-12-25-39-31-23-17-27(18-24-31)26-13-15-28(16-14-26)32(37)36(4)30-21-19-29(20-22-30)33(34,35)42(38,40-6-2)41-7-3/h13-24H,5-12,25H2,1-4H3. The summed E-state index contributed by atoms with van der Waals surface area (Å²) in [4.78, 5) is 14.5. The molecule has 0 unspecified atom stereocenters. The molecule has 3 aromatic rings. The summed E-state index contributed by atoms with van der Waals surface area (Å²) in [6.07, 6.45) is 7.32. The van der Waals surface area contributed by atoms with Crippen molar-refractivity contribution in [1.29, 1.82) is 0 Å². The number of rotatable bonds is 17. The molecule has 0 heterocycles. The van der Waals surface area contributed by atoms with Crippen molar-refractivity contribution in [1.82, 2.24) is 0 Å². The van der Waals surface area contributed by atoms with Gasteiger partial charge in [0.15, 0.2) is 0 Å². The van der Waals surface area contributed by atoms with Crippen LogP contribution < -0.4 is 9.64 Å². The molecule has 0 N–H and O–H groups in total. The highest BCUT2D eigenvalue weighted by Crippen LogP contribution is 2.66. The molecule has 0 saturated heterocycles. The Bertz CT molecular complexity index is 1290. The van der Waals surface area contributed by atoms with Gasteiger partial charge >= 0.3 is 13.3 Å². The van der Waals surface area contributed by atoms with Gasteiger partial charge in [-0.05, 0) is 67.8 Å². The molecule has 0 aliphatic rings. The van der Waals surface area contributed by atoms with E-state index in [-0.39, 0.29) is 19.1 Å². The van der Waals surface area contributed by atoms with Crippen LogP contribution in [0.1, 0.15) is 75.2 Å². The second kappa shape index (κ2) is 16.0. The molecule has 0 aliphatic carbocycles. The summed E-state index contributed by atoms with van der Waals surface area (Å²) in [7, 11) is -3.15. The third kappa shape index (κ3) is 8.50. The Hall–Kier alpha value is -3.06. The first kappa shape index (κ1) is 33.4. The number of hydrogen-bond acceptors (Lipinski definition) is 5. The Morgan fingerprint density at radius 1 is 0.762 bits per heavy atom. The number of ether oxygens (including phenoxy) is 1. The number of halogens is 2. The summed E-state index contributed by atoms with van der Waals surface area (Å²) in [5.41, 5.74) is -1.54. The van der Waals surface area contributed by atoms with Crippen LogP contribution in [0.15, 0.2) is 72.8 Å². The van der Waals surface area contributed by atoms with E-state index in [1.807, 2.05) is 36.4 Å². The van der Waals surface area contributed by atoms with Crippen LogP contribution in [-0.2, 0) is 19.3 Å². The van der Waals surface area contributed by atoms with Gasteiger partial charge in [0.1, 0.15) is 5.75 Å². The van der Waals surface area contributed by atoms with Crippen LogP contribution in [0.4, 0.5) is 14.5 Å². The molecule has 42 heavy (non-hydrogen) atoms. The van der Waals surface area contributed by atoms with Crippen molar-refractivity contribution in [3.8, 4) is 16.9 Å². The average Bonchev–Trinajstić information content (AvgIpc) is 3.00. The van der Waals surface area contributed by atoms with E-state index in [1.54, 1.807) is 19.2 Å². The molecule has 0 atom stereocenters. The van der Waals surface area contributed by atoms with Crippen LogP contribution in [0.5, 0.6) is 5.75 Å². The van der Waals surface area contributed by atoms with Gasteiger partial charge < -0.3 is 18.7 Å². The highest BCUT2D eigenvalue weighted by Gasteiger charge is 2.54. The van der Waals surface area contributed by atoms with Crippen LogP contribution in [0.2, 0.25) is 0 Å². The Balaban J connectivity index is 1.60. The molecule has 0 bridgehead atoms. The van der Waals surface area contributed by atoms with E-state index in [1.165, 1.54) is 63.0 Å². The lowest BCUT2D eigenvalue weighted by molar-refractivity contribution is 0.0360. The van der Waals surface area contributed by atoms with E-state index in [0.29, 0.717) is 17.9 Å². The molecular weight excluding hydrogens is 559 g/mol. The highest BCUT2D eigenvalue weighted by molar-refractivity contribution is 7.54. The van der Waals surface area contributed by atoms with Crippen molar-refractivity contribution in [2.24, 2.45) is 0 Å². The van der Waals surface area contributed by atoms with Crippen LogP contribution in [0, 0.1) is 0 Å². The van der Waals surface area contributed by atoms with Crippen molar-refractivity contribution >= 4 is 19.2 Å². The SMILES string of the molecule is CCCCCCCCOc1ccc(-c2ccc(C(=O)N(C)c3ccc(C(F)(F)P(=O)(OCC)OCC)cc3)cc2)cc1. The molecule has 0 aromatic heterocycles. The summed E-state index contributed by atoms with van der Waals surface area (Å²) in [5, 5.41) is 0. The van der Waals surface area contributed by atoms with Gasteiger partial charge in [-0.2, -0.15) is 8.78 Å². The first-order valence-corrected chi connectivity index (χ1v) is 16.2. The number of unbranched alkanes of at least 4 members (excludes halogenated alkanes) is 5. The summed E-state index contributed by atoms with van der Waals surface area (Å²) >= 11 is 0. The Labute approximate surface area is 248 Å². The number of nitrogens with zero attached hydrogens (tertiary/aromatic N) is 1. The lowest BCUT2D eigenvalue weighted by Crippen LogP contribution is -2.26. The maximum atomic E-state index is 15.1. The van der Waals surface area contributed by atoms with Crippen molar-refractivity contribution in [3.05, 3.63) is 83.9 Å². The minimum Gasteiger partial charge on any atom is -0.494 e. The van der Waals surface area contributed by atoms with Crippen molar-refractivity contribution in [3.63, 3.8) is 0 Å². The molecule has 0 saturated carbocycles. The third-order valence-corrected chi connectivity index (χ3v) is 9.08. The fourth-order valence-corrected chi connectivity index (χ4v) is 6.06. The minimum atomic E-state index is -4.72. The third-order valence-electron chi connectivity index (χ3n) is 6.93. The van der Waals surface area contributed by atoms with Gasteiger partial charge in [-0.25, -0.2) is 0 Å². The topological polar surface area (TPSA) is 65.1 Å². The maximum Gasteiger partial charge on any atom is 0.404 e. The molecular formula is C33H42F2NO5P. The van der Waals surface area contributed by atoms with Crippen LogP contribution in [-0.4, -0.2) is 32.8 Å². The fraction of sp³-hybridized carbons (Fsp3) is 0.424. The summed E-state index contributed by atoms with van der Waals surface area (Å²) in [6, 6.07) is 20.1. The van der Waals surface area contributed by atoms with E-state index < -0.39 is 18.8 Å². The van der Waals surface area contributed by atoms with E-state index in [2.05, 4.69) is 6.92 Å². The van der Waals surface area contributed by atoms with Gasteiger partial charge in [-0.15, -0.1) is 0 Å². The zero-order chi connectivity index (χ0) is 30.6. The molecule has 0 radical (unpaired) electrons. The molecule has 0 aliphatic heterocycles. The zero-order valence-electron chi connectivity index (χ0n) is 25.0. The number of amides is 1. The van der Waals surface area contributed by atoms with Gasteiger partial charge in [0.2, 0.25) is 0 Å². The number of carbonyl (C=O) groups excluding carboxylic acids is 1. The van der Waals surface area contributed by atoms with Gasteiger partial charge in [0.25, 0.3) is 5.91 Å². The molecule has 9 heteroatoms. The first-order chi connectivity index (χ1) is 20.2. The van der Waals surface area contributed by atoms with Crippen LogP contribution in [0.25, 0.3) is 11.1 Å². The minimum absolute atomic E-state index is 0.181. The average molecular weight is 602 g/mol. The number of alkyl halides is 2. The van der Waals surface area contributed by atoms with Crippen LogP contribution in [0.3, 0.4) is 0 Å². The van der Waals surface area contributed by atoms with Crippen molar-refractivity contribution in [2.45, 2.75) is 65.0 Å². The maximum absolute atomic E-state index is 15.1. The molecule has 228 valence electrons. The van der Waals surface area contributed by atoms with E-state index in [9.17, 15) is 9.36 Å². The first-order valence-electron chi connectivity index (χ1n) is 14.7. The molecule has 1 amide bonds. The Morgan fingerprint density at radius 2 is 1.29 bits per heavy atom. The highest BCUT2D eigenvalue weighted by atomic mass is 31.2. The second-order valence-corrected chi connectivity index (χ2v) is 12.1.